The third kappa shape index (κ3) is 5.29. The van der Waals surface area contributed by atoms with E-state index in [1.165, 1.54) is 0 Å². The maximum Gasteiger partial charge on any atom is 0.193 e. The van der Waals surface area contributed by atoms with Crippen LogP contribution >= 0.6 is 24.0 Å². The normalized spacial score (nSPS) is 10.6. The predicted molar refractivity (Wildman–Crippen MR) is 78.4 cm³/mol. The minimum absolute atomic E-state index is 0. The molecular weight excluding hydrogens is 315 g/mol. The van der Waals surface area contributed by atoms with Gasteiger partial charge in [-0.2, -0.15) is 0 Å². The number of halogens is 1. The number of hydrogen-bond donors (Lipinski definition) is 1. The number of aliphatic imine (C=N–C) groups is 1. The van der Waals surface area contributed by atoms with Crippen molar-refractivity contribution in [2.24, 2.45) is 4.99 Å². The Kier molecular flexibility index (Phi) is 7.88. The quantitative estimate of drug-likeness (QED) is 0.516. The van der Waals surface area contributed by atoms with E-state index in [4.69, 9.17) is 0 Å². The molecule has 0 aliphatic heterocycles. The van der Waals surface area contributed by atoms with Crippen molar-refractivity contribution in [2.75, 3.05) is 27.7 Å². The maximum absolute atomic E-state index is 4.25. The lowest BCUT2D eigenvalue weighted by Gasteiger charge is -2.16. The Morgan fingerprint density at radius 3 is 2.69 bits per heavy atom. The SMILES string of the molecule is CN=C(NCCc1ccccn1)N(C)C.I. The van der Waals surface area contributed by atoms with Crippen LogP contribution in [-0.4, -0.2) is 43.5 Å². The fourth-order valence-electron chi connectivity index (χ4n) is 1.29. The first-order valence-corrected chi connectivity index (χ1v) is 5.02. The second-order valence-corrected chi connectivity index (χ2v) is 3.44. The minimum Gasteiger partial charge on any atom is -0.356 e. The van der Waals surface area contributed by atoms with Crippen LogP contribution < -0.4 is 5.32 Å². The number of rotatable bonds is 3. The fraction of sp³-hybridized carbons (Fsp3) is 0.455. The van der Waals surface area contributed by atoms with Gasteiger partial charge in [-0.25, -0.2) is 0 Å². The topological polar surface area (TPSA) is 40.5 Å². The van der Waals surface area contributed by atoms with E-state index < -0.39 is 0 Å². The monoisotopic (exact) mass is 334 g/mol. The molecule has 0 aromatic carbocycles. The fourth-order valence-corrected chi connectivity index (χ4v) is 1.29. The Labute approximate surface area is 114 Å². The lowest BCUT2D eigenvalue weighted by molar-refractivity contribution is 0.582. The molecule has 0 spiro atoms. The summed E-state index contributed by atoms with van der Waals surface area (Å²) in [4.78, 5) is 10.3. The summed E-state index contributed by atoms with van der Waals surface area (Å²) in [5.74, 6) is 0.894. The highest BCUT2D eigenvalue weighted by molar-refractivity contribution is 14.0. The molecule has 1 rings (SSSR count). The van der Waals surface area contributed by atoms with Gasteiger partial charge in [0, 0.05) is 46.0 Å². The smallest absolute Gasteiger partial charge is 0.193 e. The van der Waals surface area contributed by atoms with Gasteiger partial charge in [0.15, 0.2) is 5.96 Å². The van der Waals surface area contributed by atoms with Crippen molar-refractivity contribution in [2.45, 2.75) is 6.42 Å². The molecule has 0 atom stereocenters. The average Bonchev–Trinajstić information content (AvgIpc) is 2.25. The summed E-state index contributed by atoms with van der Waals surface area (Å²) in [6.07, 6.45) is 2.73. The van der Waals surface area contributed by atoms with E-state index in [0.717, 1.165) is 24.6 Å². The zero-order valence-electron chi connectivity index (χ0n) is 9.97. The van der Waals surface area contributed by atoms with E-state index in [2.05, 4.69) is 15.3 Å². The van der Waals surface area contributed by atoms with Gasteiger partial charge >= 0.3 is 0 Å². The average molecular weight is 334 g/mol. The first-order chi connectivity index (χ1) is 7.24. The Morgan fingerprint density at radius 2 is 2.19 bits per heavy atom. The molecule has 1 aromatic heterocycles. The van der Waals surface area contributed by atoms with Crippen molar-refractivity contribution in [3.63, 3.8) is 0 Å². The summed E-state index contributed by atoms with van der Waals surface area (Å²) < 4.78 is 0. The summed E-state index contributed by atoms with van der Waals surface area (Å²) in [5, 5.41) is 3.25. The van der Waals surface area contributed by atoms with Crippen LogP contribution in [0.4, 0.5) is 0 Å². The van der Waals surface area contributed by atoms with Crippen LogP contribution in [0.15, 0.2) is 29.4 Å². The van der Waals surface area contributed by atoms with E-state index in [1.54, 1.807) is 7.05 Å². The summed E-state index contributed by atoms with van der Waals surface area (Å²) in [5.41, 5.74) is 1.10. The zero-order valence-corrected chi connectivity index (χ0v) is 12.3. The molecule has 90 valence electrons. The highest BCUT2D eigenvalue weighted by atomic mass is 127. The van der Waals surface area contributed by atoms with E-state index in [-0.39, 0.29) is 24.0 Å². The molecular formula is C11H19IN4. The van der Waals surface area contributed by atoms with E-state index in [0.29, 0.717) is 0 Å². The third-order valence-corrected chi connectivity index (χ3v) is 2.03. The molecule has 1 N–H and O–H groups in total. The van der Waals surface area contributed by atoms with Crippen molar-refractivity contribution in [1.29, 1.82) is 0 Å². The van der Waals surface area contributed by atoms with Gasteiger partial charge in [0.2, 0.25) is 0 Å². The number of pyridine rings is 1. The van der Waals surface area contributed by atoms with E-state index >= 15 is 0 Å². The van der Waals surface area contributed by atoms with Crippen molar-refractivity contribution in [3.05, 3.63) is 30.1 Å². The second kappa shape index (κ2) is 8.32. The molecule has 16 heavy (non-hydrogen) atoms. The number of guanidine groups is 1. The molecule has 0 amide bonds. The highest BCUT2D eigenvalue weighted by Crippen LogP contribution is 1.93. The third-order valence-electron chi connectivity index (χ3n) is 2.03. The van der Waals surface area contributed by atoms with Gasteiger partial charge < -0.3 is 10.2 Å². The molecule has 0 bridgehead atoms. The molecule has 0 radical (unpaired) electrons. The van der Waals surface area contributed by atoms with Gasteiger partial charge in [-0.15, -0.1) is 24.0 Å². The van der Waals surface area contributed by atoms with Crippen molar-refractivity contribution >= 4 is 29.9 Å². The van der Waals surface area contributed by atoms with Crippen LogP contribution in [0, 0.1) is 0 Å². The van der Waals surface area contributed by atoms with Gasteiger partial charge in [-0.3, -0.25) is 9.98 Å². The summed E-state index contributed by atoms with van der Waals surface area (Å²) in [6, 6.07) is 5.96. The van der Waals surface area contributed by atoms with Crippen LogP contribution in [-0.2, 0) is 6.42 Å². The van der Waals surface area contributed by atoms with Crippen LogP contribution in [0.1, 0.15) is 5.69 Å². The second-order valence-electron chi connectivity index (χ2n) is 3.44. The lowest BCUT2D eigenvalue weighted by atomic mass is 10.3. The van der Waals surface area contributed by atoms with E-state index in [1.807, 2.05) is 43.4 Å². The van der Waals surface area contributed by atoms with Crippen molar-refractivity contribution in [3.8, 4) is 0 Å². The summed E-state index contributed by atoms with van der Waals surface area (Å²) >= 11 is 0. The molecule has 0 aliphatic carbocycles. The molecule has 4 nitrogen and oxygen atoms in total. The Hall–Kier alpha value is -0.850. The van der Waals surface area contributed by atoms with Crippen LogP contribution in [0.25, 0.3) is 0 Å². The zero-order chi connectivity index (χ0) is 11.1. The van der Waals surface area contributed by atoms with Crippen molar-refractivity contribution in [1.82, 2.24) is 15.2 Å². The number of hydrogen-bond acceptors (Lipinski definition) is 2. The van der Waals surface area contributed by atoms with Crippen LogP contribution in [0.3, 0.4) is 0 Å². The maximum atomic E-state index is 4.25. The molecule has 0 aliphatic rings. The van der Waals surface area contributed by atoms with Gasteiger partial charge in [0.1, 0.15) is 0 Å². The molecule has 0 saturated heterocycles. The Morgan fingerprint density at radius 1 is 1.44 bits per heavy atom. The molecule has 1 aromatic rings. The first-order valence-electron chi connectivity index (χ1n) is 5.02. The van der Waals surface area contributed by atoms with Gasteiger partial charge in [-0.1, -0.05) is 6.07 Å². The van der Waals surface area contributed by atoms with Gasteiger partial charge in [0.05, 0.1) is 0 Å². The van der Waals surface area contributed by atoms with Gasteiger partial charge in [0.25, 0.3) is 0 Å². The minimum atomic E-state index is 0. The van der Waals surface area contributed by atoms with Gasteiger partial charge in [-0.05, 0) is 12.1 Å². The largest absolute Gasteiger partial charge is 0.356 e. The lowest BCUT2D eigenvalue weighted by Crippen LogP contribution is -2.37. The number of nitrogens with zero attached hydrogens (tertiary/aromatic N) is 3. The first kappa shape index (κ1) is 15.2. The molecule has 0 unspecified atom stereocenters. The molecule has 1 heterocycles. The Balaban J connectivity index is 0.00000225. The number of nitrogens with one attached hydrogen (secondary N) is 1. The summed E-state index contributed by atoms with van der Waals surface area (Å²) in [6.45, 7) is 0.849. The highest BCUT2D eigenvalue weighted by Gasteiger charge is 1.99. The van der Waals surface area contributed by atoms with Crippen LogP contribution in [0.2, 0.25) is 0 Å². The van der Waals surface area contributed by atoms with E-state index in [9.17, 15) is 0 Å². The van der Waals surface area contributed by atoms with Crippen molar-refractivity contribution < 1.29 is 0 Å². The molecule has 0 fully saturated rings. The van der Waals surface area contributed by atoms with Crippen LogP contribution in [0.5, 0.6) is 0 Å². The summed E-state index contributed by atoms with van der Waals surface area (Å²) in [7, 11) is 5.72. The predicted octanol–water partition coefficient (Wildman–Crippen LogP) is 1.38. The molecule has 0 saturated carbocycles. The standard InChI is InChI=1S/C11H18N4.HI/c1-12-11(15(2)3)14-9-7-10-6-4-5-8-13-10;/h4-6,8H,7,9H2,1-3H3,(H,12,14);1H. The molecule has 5 heteroatoms. The number of aromatic nitrogens is 1. The Bertz CT molecular complexity index is 311.